The van der Waals surface area contributed by atoms with Crippen LogP contribution in [0.3, 0.4) is 0 Å². The minimum absolute atomic E-state index is 0.134. The van der Waals surface area contributed by atoms with Gasteiger partial charge in [0.15, 0.2) is 0 Å². The van der Waals surface area contributed by atoms with E-state index in [1.54, 1.807) is 6.08 Å². The fourth-order valence-electron chi connectivity index (χ4n) is 4.31. The molecule has 2 amide bonds. The zero-order valence-electron chi connectivity index (χ0n) is 17.8. The summed E-state index contributed by atoms with van der Waals surface area (Å²) in [5, 5.41) is 5.70. The SMILES string of the molecule is CC(=O)Nc1cccc(NC(=O)/C=C/c2cc(C)n(C3CCCCC3)c2C)c1C. The van der Waals surface area contributed by atoms with Gasteiger partial charge in [0.05, 0.1) is 0 Å². The zero-order valence-corrected chi connectivity index (χ0v) is 17.8. The fraction of sp³-hybridized carbons (Fsp3) is 0.417. The molecule has 5 nitrogen and oxygen atoms in total. The molecule has 2 N–H and O–H groups in total. The summed E-state index contributed by atoms with van der Waals surface area (Å²) < 4.78 is 2.44. The first-order chi connectivity index (χ1) is 13.9. The largest absolute Gasteiger partial charge is 0.346 e. The number of anilines is 2. The van der Waals surface area contributed by atoms with Crippen LogP contribution in [-0.2, 0) is 9.59 Å². The average molecular weight is 394 g/mol. The van der Waals surface area contributed by atoms with Crippen molar-refractivity contribution in [1.29, 1.82) is 0 Å². The van der Waals surface area contributed by atoms with E-state index in [9.17, 15) is 9.59 Å². The summed E-state index contributed by atoms with van der Waals surface area (Å²) in [7, 11) is 0. The molecular formula is C24H31N3O2. The van der Waals surface area contributed by atoms with Crippen LogP contribution in [0, 0.1) is 20.8 Å². The molecule has 0 saturated heterocycles. The summed E-state index contributed by atoms with van der Waals surface area (Å²) in [5.74, 6) is -0.319. The lowest BCUT2D eigenvalue weighted by molar-refractivity contribution is -0.114. The van der Waals surface area contributed by atoms with Gasteiger partial charge in [-0.3, -0.25) is 9.59 Å². The summed E-state index contributed by atoms with van der Waals surface area (Å²) in [6.45, 7) is 7.63. The van der Waals surface area contributed by atoms with Crippen LogP contribution in [0.2, 0.25) is 0 Å². The summed E-state index contributed by atoms with van der Waals surface area (Å²) in [6.07, 6.45) is 9.89. The van der Waals surface area contributed by atoms with Gasteiger partial charge in [0.1, 0.15) is 0 Å². The van der Waals surface area contributed by atoms with E-state index < -0.39 is 0 Å². The normalized spacial score (nSPS) is 14.9. The number of aromatic nitrogens is 1. The molecule has 0 unspecified atom stereocenters. The summed E-state index contributed by atoms with van der Waals surface area (Å²) >= 11 is 0. The number of rotatable bonds is 5. The first-order valence-electron chi connectivity index (χ1n) is 10.4. The smallest absolute Gasteiger partial charge is 0.248 e. The lowest BCUT2D eigenvalue weighted by Crippen LogP contribution is -2.15. The summed E-state index contributed by atoms with van der Waals surface area (Å²) in [6, 6.07) is 8.22. The molecular weight excluding hydrogens is 362 g/mol. The molecule has 1 aliphatic carbocycles. The predicted octanol–water partition coefficient (Wildman–Crippen LogP) is 5.53. The number of nitrogens with one attached hydrogen (secondary N) is 2. The maximum absolute atomic E-state index is 12.5. The summed E-state index contributed by atoms with van der Waals surface area (Å²) in [4.78, 5) is 23.8. The third-order valence-electron chi connectivity index (χ3n) is 5.78. The number of hydrogen-bond acceptors (Lipinski definition) is 2. The van der Waals surface area contributed by atoms with Crippen LogP contribution >= 0.6 is 0 Å². The Balaban J connectivity index is 1.72. The zero-order chi connectivity index (χ0) is 21.0. The second kappa shape index (κ2) is 9.12. The predicted molar refractivity (Wildman–Crippen MR) is 119 cm³/mol. The van der Waals surface area contributed by atoms with Crippen LogP contribution in [0.5, 0.6) is 0 Å². The van der Waals surface area contributed by atoms with E-state index in [2.05, 4.69) is 35.1 Å². The standard InChI is InChI=1S/C24H31N3O2/c1-16-15-20(18(3)27(16)21-9-6-5-7-10-21)13-14-24(29)26-23-12-8-11-22(17(23)2)25-19(4)28/h8,11-15,21H,5-7,9-10H2,1-4H3,(H,25,28)(H,26,29)/b14-13+. The highest BCUT2D eigenvalue weighted by Gasteiger charge is 2.19. The topological polar surface area (TPSA) is 63.1 Å². The molecule has 0 bridgehead atoms. The van der Waals surface area contributed by atoms with Crippen LogP contribution in [0.25, 0.3) is 6.08 Å². The van der Waals surface area contributed by atoms with Crippen molar-refractivity contribution in [2.24, 2.45) is 0 Å². The lowest BCUT2D eigenvalue weighted by atomic mass is 9.95. The maximum Gasteiger partial charge on any atom is 0.248 e. The molecule has 1 aliphatic rings. The molecule has 2 aromatic rings. The number of carbonyl (C=O) groups excluding carboxylic acids is 2. The molecule has 0 spiro atoms. The van der Waals surface area contributed by atoms with Gasteiger partial charge < -0.3 is 15.2 Å². The summed E-state index contributed by atoms with van der Waals surface area (Å²) in [5.41, 5.74) is 5.80. The highest BCUT2D eigenvalue weighted by molar-refractivity contribution is 6.03. The van der Waals surface area contributed by atoms with Crippen molar-refractivity contribution >= 4 is 29.3 Å². The molecule has 0 radical (unpaired) electrons. The second-order valence-electron chi connectivity index (χ2n) is 7.97. The van der Waals surface area contributed by atoms with E-state index in [1.807, 2.05) is 31.2 Å². The number of amides is 2. The van der Waals surface area contributed by atoms with Crippen LogP contribution < -0.4 is 10.6 Å². The van der Waals surface area contributed by atoms with E-state index in [0.29, 0.717) is 17.4 Å². The Morgan fingerprint density at radius 3 is 2.34 bits per heavy atom. The Morgan fingerprint density at radius 2 is 1.69 bits per heavy atom. The van der Waals surface area contributed by atoms with Gasteiger partial charge in [0, 0.05) is 41.8 Å². The number of hydrogen-bond donors (Lipinski definition) is 2. The molecule has 3 rings (SSSR count). The van der Waals surface area contributed by atoms with Crippen LogP contribution in [-0.4, -0.2) is 16.4 Å². The highest BCUT2D eigenvalue weighted by atomic mass is 16.2. The van der Waals surface area contributed by atoms with Crippen LogP contribution in [0.15, 0.2) is 30.3 Å². The van der Waals surface area contributed by atoms with E-state index in [4.69, 9.17) is 0 Å². The van der Waals surface area contributed by atoms with E-state index >= 15 is 0 Å². The number of carbonyl (C=O) groups is 2. The molecule has 1 fully saturated rings. The van der Waals surface area contributed by atoms with E-state index in [0.717, 1.165) is 11.1 Å². The highest BCUT2D eigenvalue weighted by Crippen LogP contribution is 2.32. The monoisotopic (exact) mass is 393 g/mol. The third kappa shape index (κ3) is 4.97. The van der Waals surface area contributed by atoms with Crippen molar-refractivity contribution in [3.8, 4) is 0 Å². The maximum atomic E-state index is 12.5. The van der Waals surface area contributed by atoms with Gasteiger partial charge in [-0.25, -0.2) is 0 Å². The Bertz CT molecular complexity index is 934. The molecule has 1 saturated carbocycles. The van der Waals surface area contributed by atoms with Gasteiger partial charge in [0.25, 0.3) is 0 Å². The Hall–Kier alpha value is -2.82. The number of aryl methyl sites for hydroxylation is 1. The third-order valence-corrected chi connectivity index (χ3v) is 5.78. The average Bonchev–Trinajstić information content (AvgIpc) is 2.97. The Morgan fingerprint density at radius 1 is 1.03 bits per heavy atom. The van der Waals surface area contributed by atoms with Gasteiger partial charge in [-0.05, 0) is 69.0 Å². The Kier molecular flexibility index (Phi) is 6.57. The van der Waals surface area contributed by atoms with Gasteiger partial charge in [-0.2, -0.15) is 0 Å². The molecule has 1 aromatic carbocycles. The van der Waals surface area contributed by atoms with Crippen molar-refractivity contribution in [2.45, 2.75) is 65.8 Å². The Labute approximate surface area is 173 Å². The number of nitrogens with zero attached hydrogens (tertiary/aromatic N) is 1. The van der Waals surface area contributed by atoms with Crippen molar-refractivity contribution in [3.63, 3.8) is 0 Å². The van der Waals surface area contributed by atoms with Crippen molar-refractivity contribution < 1.29 is 9.59 Å². The van der Waals surface area contributed by atoms with Crippen LogP contribution in [0.1, 0.15) is 67.6 Å². The van der Waals surface area contributed by atoms with Crippen molar-refractivity contribution in [2.75, 3.05) is 10.6 Å². The van der Waals surface area contributed by atoms with Gasteiger partial charge in [0.2, 0.25) is 11.8 Å². The molecule has 1 aromatic heterocycles. The second-order valence-corrected chi connectivity index (χ2v) is 7.97. The lowest BCUT2D eigenvalue weighted by Gasteiger charge is -2.26. The first kappa shape index (κ1) is 20.9. The van der Waals surface area contributed by atoms with Crippen molar-refractivity contribution in [1.82, 2.24) is 4.57 Å². The quantitative estimate of drug-likeness (QED) is 0.656. The molecule has 5 heteroatoms. The van der Waals surface area contributed by atoms with Crippen molar-refractivity contribution in [3.05, 3.63) is 52.9 Å². The first-order valence-corrected chi connectivity index (χ1v) is 10.4. The van der Waals surface area contributed by atoms with Gasteiger partial charge in [-0.15, -0.1) is 0 Å². The molecule has 0 atom stereocenters. The minimum Gasteiger partial charge on any atom is -0.346 e. The molecule has 29 heavy (non-hydrogen) atoms. The van der Waals surface area contributed by atoms with E-state index in [1.165, 1.54) is 50.4 Å². The van der Waals surface area contributed by atoms with E-state index in [-0.39, 0.29) is 11.8 Å². The van der Waals surface area contributed by atoms with Gasteiger partial charge in [-0.1, -0.05) is 25.3 Å². The molecule has 0 aliphatic heterocycles. The van der Waals surface area contributed by atoms with Gasteiger partial charge >= 0.3 is 0 Å². The molecule has 154 valence electrons. The fourth-order valence-corrected chi connectivity index (χ4v) is 4.31. The number of benzene rings is 1. The minimum atomic E-state index is -0.185. The molecule has 1 heterocycles. The van der Waals surface area contributed by atoms with Crippen LogP contribution in [0.4, 0.5) is 11.4 Å².